The maximum atomic E-state index is 13.1. The first-order chi connectivity index (χ1) is 8.66. The van der Waals surface area contributed by atoms with Crippen molar-refractivity contribution < 1.29 is 4.39 Å². The summed E-state index contributed by atoms with van der Waals surface area (Å²) in [5.74, 6) is 0.200. The lowest BCUT2D eigenvalue weighted by Crippen LogP contribution is -2.13. The summed E-state index contributed by atoms with van der Waals surface area (Å²) in [6.07, 6.45) is 0. The third kappa shape index (κ3) is 3.11. The van der Waals surface area contributed by atoms with Crippen molar-refractivity contribution in [1.29, 1.82) is 5.41 Å². The first-order valence-electron chi connectivity index (χ1n) is 5.47. The van der Waals surface area contributed by atoms with Crippen LogP contribution in [0.1, 0.15) is 11.1 Å². The molecule has 0 amide bonds. The molecule has 4 heteroatoms. The van der Waals surface area contributed by atoms with E-state index in [1.54, 1.807) is 17.8 Å². The molecular formula is C14H13FN2S. The summed E-state index contributed by atoms with van der Waals surface area (Å²) < 4.78 is 13.1. The van der Waals surface area contributed by atoms with Gasteiger partial charge in [-0.15, -0.1) is 11.8 Å². The molecule has 0 fully saturated rings. The van der Waals surface area contributed by atoms with Crippen LogP contribution in [0, 0.1) is 11.2 Å². The third-order valence-electron chi connectivity index (χ3n) is 2.50. The minimum atomic E-state index is -0.367. The average Bonchev–Trinajstić information content (AvgIpc) is 2.38. The highest BCUT2D eigenvalue weighted by Crippen LogP contribution is 2.24. The molecule has 0 aliphatic heterocycles. The minimum absolute atomic E-state index is 0.0989. The van der Waals surface area contributed by atoms with Crippen LogP contribution in [0.25, 0.3) is 0 Å². The zero-order valence-corrected chi connectivity index (χ0v) is 10.5. The highest BCUT2D eigenvalue weighted by Gasteiger charge is 2.07. The summed E-state index contributed by atoms with van der Waals surface area (Å²) in [7, 11) is 0. The van der Waals surface area contributed by atoms with Crippen molar-refractivity contribution >= 4 is 17.6 Å². The van der Waals surface area contributed by atoms with E-state index in [-0.39, 0.29) is 11.7 Å². The summed E-state index contributed by atoms with van der Waals surface area (Å²) in [5, 5.41) is 7.46. The van der Waals surface area contributed by atoms with Crippen molar-refractivity contribution in [3.63, 3.8) is 0 Å². The van der Waals surface area contributed by atoms with Gasteiger partial charge in [0, 0.05) is 16.2 Å². The molecule has 0 unspecified atom stereocenters. The molecule has 92 valence electrons. The molecule has 2 rings (SSSR count). The van der Waals surface area contributed by atoms with Crippen molar-refractivity contribution in [3.05, 3.63) is 65.5 Å². The van der Waals surface area contributed by atoms with Crippen molar-refractivity contribution in [2.45, 2.75) is 10.6 Å². The van der Waals surface area contributed by atoms with Crippen LogP contribution in [-0.4, -0.2) is 5.84 Å². The molecule has 3 N–H and O–H groups in total. The number of amidine groups is 1. The lowest BCUT2D eigenvalue weighted by Gasteiger charge is -2.08. The number of hydrogen-bond acceptors (Lipinski definition) is 2. The maximum Gasteiger partial charge on any atom is 0.123 e. The molecule has 0 spiro atoms. The van der Waals surface area contributed by atoms with Gasteiger partial charge in [-0.05, 0) is 29.8 Å². The van der Waals surface area contributed by atoms with E-state index in [9.17, 15) is 4.39 Å². The molecule has 0 atom stereocenters. The molecule has 0 aliphatic carbocycles. The molecule has 2 aromatic carbocycles. The Balaban J connectivity index is 2.17. The smallest absolute Gasteiger partial charge is 0.123 e. The van der Waals surface area contributed by atoms with E-state index in [1.165, 1.54) is 12.1 Å². The number of rotatable bonds is 4. The van der Waals surface area contributed by atoms with Crippen molar-refractivity contribution in [3.8, 4) is 0 Å². The monoisotopic (exact) mass is 260 g/mol. The predicted octanol–water partition coefficient (Wildman–Crippen LogP) is 3.40. The number of hydrogen-bond donors (Lipinski definition) is 2. The topological polar surface area (TPSA) is 49.9 Å². The van der Waals surface area contributed by atoms with Crippen LogP contribution in [0.3, 0.4) is 0 Å². The standard InChI is InChI=1S/C14H13FN2S/c15-11-7-6-10(13(8-11)14(16)17)9-18-12-4-2-1-3-5-12/h1-8H,9H2,(H3,16,17). The molecule has 2 nitrogen and oxygen atoms in total. The van der Waals surface area contributed by atoms with E-state index in [4.69, 9.17) is 11.1 Å². The number of nitrogen functional groups attached to an aromatic ring is 1. The zero-order chi connectivity index (χ0) is 13.0. The summed E-state index contributed by atoms with van der Waals surface area (Å²) in [4.78, 5) is 1.14. The molecule has 0 saturated carbocycles. The van der Waals surface area contributed by atoms with Crippen LogP contribution in [0.4, 0.5) is 4.39 Å². The molecule has 0 bridgehead atoms. The Hall–Kier alpha value is -1.81. The highest BCUT2D eigenvalue weighted by atomic mass is 32.2. The lowest BCUT2D eigenvalue weighted by atomic mass is 10.1. The number of nitrogens with one attached hydrogen (secondary N) is 1. The van der Waals surface area contributed by atoms with Crippen molar-refractivity contribution in [1.82, 2.24) is 0 Å². The SMILES string of the molecule is N=C(N)c1cc(F)ccc1CSc1ccccc1. The van der Waals surface area contributed by atoms with Crippen molar-refractivity contribution in [2.24, 2.45) is 5.73 Å². The second kappa shape index (κ2) is 5.69. The first kappa shape index (κ1) is 12.6. The van der Waals surface area contributed by atoms with Gasteiger partial charge in [-0.1, -0.05) is 24.3 Å². The van der Waals surface area contributed by atoms with Gasteiger partial charge in [-0.25, -0.2) is 4.39 Å². The Bertz CT molecular complexity index is 555. The number of thioether (sulfide) groups is 1. The molecule has 0 radical (unpaired) electrons. The summed E-state index contributed by atoms with van der Waals surface area (Å²) in [6, 6.07) is 14.3. The van der Waals surface area contributed by atoms with E-state index in [0.717, 1.165) is 10.5 Å². The first-order valence-corrected chi connectivity index (χ1v) is 6.46. The fourth-order valence-corrected chi connectivity index (χ4v) is 2.53. The Labute approximate surface area is 110 Å². The van der Waals surface area contributed by atoms with E-state index >= 15 is 0 Å². The van der Waals surface area contributed by atoms with E-state index in [0.29, 0.717) is 11.3 Å². The van der Waals surface area contributed by atoms with Crippen LogP contribution in [0.5, 0.6) is 0 Å². The molecule has 18 heavy (non-hydrogen) atoms. The largest absolute Gasteiger partial charge is 0.384 e. The Morgan fingerprint density at radius 1 is 1.17 bits per heavy atom. The number of nitrogens with two attached hydrogens (primary N) is 1. The van der Waals surface area contributed by atoms with Crippen molar-refractivity contribution in [2.75, 3.05) is 0 Å². The van der Waals surface area contributed by atoms with Crippen LogP contribution in [0.2, 0.25) is 0 Å². The normalized spacial score (nSPS) is 10.3. The highest BCUT2D eigenvalue weighted by molar-refractivity contribution is 7.98. The van der Waals surface area contributed by atoms with Gasteiger partial charge >= 0.3 is 0 Å². The molecule has 0 saturated heterocycles. The van der Waals surface area contributed by atoms with Gasteiger partial charge < -0.3 is 5.73 Å². The van der Waals surface area contributed by atoms with Crippen LogP contribution >= 0.6 is 11.8 Å². The van der Waals surface area contributed by atoms with Gasteiger partial charge in [0.15, 0.2) is 0 Å². The number of halogens is 1. The number of benzene rings is 2. The van der Waals surface area contributed by atoms with Crippen LogP contribution < -0.4 is 5.73 Å². The molecule has 0 aromatic heterocycles. The summed E-state index contributed by atoms with van der Waals surface area (Å²) in [6.45, 7) is 0. The molecule has 0 aliphatic rings. The van der Waals surface area contributed by atoms with Gasteiger partial charge in [-0.2, -0.15) is 0 Å². The van der Waals surface area contributed by atoms with Crippen LogP contribution in [-0.2, 0) is 5.75 Å². The predicted molar refractivity (Wildman–Crippen MR) is 73.4 cm³/mol. The second-order valence-electron chi connectivity index (χ2n) is 3.82. The Kier molecular flexibility index (Phi) is 3.99. The Morgan fingerprint density at radius 3 is 2.56 bits per heavy atom. The minimum Gasteiger partial charge on any atom is -0.384 e. The molecular weight excluding hydrogens is 247 g/mol. The fraction of sp³-hybridized carbons (Fsp3) is 0.0714. The van der Waals surface area contributed by atoms with Gasteiger partial charge in [0.25, 0.3) is 0 Å². The third-order valence-corrected chi connectivity index (χ3v) is 3.56. The summed E-state index contributed by atoms with van der Waals surface area (Å²) in [5.41, 5.74) is 6.80. The fourth-order valence-electron chi connectivity index (χ4n) is 1.60. The maximum absolute atomic E-state index is 13.1. The van der Waals surface area contributed by atoms with Gasteiger partial charge in [-0.3, -0.25) is 5.41 Å². The van der Waals surface area contributed by atoms with E-state index in [2.05, 4.69) is 0 Å². The zero-order valence-electron chi connectivity index (χ0n) is 9.69. The molecule has 0 heterocycles. The molecule has 2 aromatic rings. The van der Waals surface area contributed by atoms with E-state index in [1.807, 2.05) is 30.3 Å². The lowest BCUT2D eigenvalue weighted by molar-refractivity contribution is 0.627. The van der Waals surface area contributed by atoms with Gasteiger partial charge in [0.1, 0.15) is 11.7 Å². The quantitative estimate of drug-likeness (QED) is 0.503. The Morgan fingerprint density at radius 2 is 1.89 bits per heavy atom. The van der Waals surface area contributed by atoms with Gasteiger partial charge in [0.2, 0.25) is 0 Å². The summed E-state index contributed by atoms with van der Waals surface area (Å²) >= 11 is 1.64. The van der Waals surface area contributed by atoms with E-state index < -0.39 is 0 Å². The second-order valence-corrected chi connectivity index (χ2v) is 4.87. The average molecular weight is 260 g/mol. The van der Waals surface area contributed by atoms with Crippen LogP contribution in [0.15, 0.2) is 53.4 Å². The van der Waals surface area contributed by atoms with Gasteiger partial charge in [0.05, 0.1) is 0 Å².